The monoisotopic (exact) mass is 450 g/mol. The van der Waals surface area contributed by atoms with Gasteiger partial charge in [-0.3, -0.25) is 4.79 Å². The first-order chi connectivity index (χ1) is 15.5. The zero-order valence-electron chi connectivity index (χ0n) is 17.1. The summed E-state index contributed by atoms with van der Waals surface area (Å²) in [5.74, 6) is -0.250. The lowest BCUT2D eigenvalue weighted by Crippen LogP contribution is -2.17. The lowest BCUT2D eigenvalue weighted by molar-refractivity contribution is 0.0729. The maximum Gasteiger partial charge on any atom is 0.343 e. The van der Waals surface area contributed by atoms with Gasteiger partial charge in [-0.1, -0.05) is 17.7 Å². The third-order valence-electron chi connectivity index (χ3n) is 4.83. The van der Waals surface area contributed by atoms with Gasteiger partial charge in [0, 0.05) is 10.6 Å². The Morgan fingerprint density at radius 3 is 2.50 bits per heavy atom. The Morgan fingerprint density at radius 2 is 1.72 bits per heavy atom. The number of amides is 1. The molecular formula is C24H19ClN2O5. The molecule has 0 atom stereocenters. The van der Waals surface area contributed by atoms with Crippen LogP contribution in [0, 0.1) is 0 Å². The van der Waals surface area contributed by atoms with Crippen molar-refractivity contribution in [3.8, 4) is 11.5 Å². The average Bonchev–Trinajstić information content (AvgIpc) is 3.28. The van der Waals surface area contributed by atoms with Crippen LogP contribution in [0.1, 0.15) is 37.4 Å². The van der Waals surface area contributed by atoms with Crippen molar-refractivity contribution in [1.29, 1.82) is 0 Å². The van der Waals surface area contributed by atoms with E-state index in [9.17, 15) is 9.59 Å². The normalized spacial score (nSPS) is 12.4. The fraction of sp³-hybridized carbons (Fsp3) is 0.125. The second-order valence-electron chi connectivity index (χ2n) is 6.98. The van der Waals surface area contributed by atoms with Crippen LogP contribution in [-0.4, -0.2) is 25.2 Å². The molecule has 3 aromatic carbocycles. The molecule has 3 aromatic rings. The predicted molar refractivity (Wildman–Crippen MR) is 119 cm³/mol. The van der Waals surface area contributed by atoms with Crippen molar-refractivity contribution in [3.63, 3.8) is 0 Å². The molecule has 0 bridgehead atoms. The highest BCUT2D eigenvalue weighted by molar-refractivity contribution is 6.30. The van der Waals surface area contributed by atoms with E-state index < -0.39 is 5.97 Å². The number of nitrogens with zero attached hydrogens (tertiary/aromatic N) is 1. The molecule has 0 aromatic heterocycles. The van der Waals surface area contributed by atoms with Crippen LogP contribution >= 0.6 is 11.6 Å². The fourth-order valence-electron chi connectivity index (χ4n) is 3.14. The van der Waals surface area contributed by atoms with E-state index >= 15 is 0 Å². The van der Waals surface area contributed by atoms with Gasteiger partial charge >= 0.3 is 5.97 Å². The number of fused-ring (bicyclic) bond motifs is 1. The zero-order valence-corrected chi connectivity index (χ0v) is 17.9. The molecular weight excluding hydrogens is 432 g/mol. The van der Waals surface area contributed by atoms with Gasteiger partial charge in [-0.05, 0) is 71.3 Å². The minimum atomic E-state index is -0.534. The van der Waals surface area contributed by atoms with Gasteiger partial charge in [0.1, 0.15) is 0 Å². The molecule has 32 heavy (non-hydrogen) atoms. The van der Waals surface area contributed by atoms with E-state index in [1.54, 1.807) is 54.6 Å². The molecule has 0 aliphatic carbocycles. The van der Waals surface area contributed by atoms with Gasteiger partial charge in [0.05, 0.1) is 32.1 Å². The maximum atomic E-state index is 12.3. The van der Waals surface area contributed by atoms with Crippen LogP contribution in [0.2, 0.25) is 5.02 Å². The molecule has 0 spiro atoms. The van der Waals surface area contributed by atoms with E-state index in [1.165, 1.54) is 13.3 Å². The van der Waals surface area contributed by atoms with Gasteiger partial charge in [-0.25, -0.2) is 10.2 Å². The van der Waals surface area contributed by atoms with Crippen LogP contribution in [0.3, 0.4) is 0 Å². The molecule has 8 heteroatoms. The number of hydrogen-bond acceptors (Lipinski definition) is 6. The topological polar surface area (TPSA) is 86.2 Å². The average molecular weight is 451 g/mol. The van der Waals surface area contributed by atoms with E-state index in [0.717, 1.165) is 11.1 Å². The maximum absolute atomic E-state index is 12.3. The van der Waals surface area contributed by atoms with E-state index in [0.29, 0.717) is 40.7 Å². The number of ether oxygens (including phenoxy) is 3. The molecule has 0 saturated heterocycles. The number of rotatable bonds is 6. The first-order valence-electron chi connectivity index (χ1n) is 9.72. The van der Waals surface area contributed by atoms with Gasteiger partial charge in [0.25, 0.3) is 5.91 Å². The number of carbonyl (C=O) groups excluding carboxylic acids is 2. The standard InChI is InChI=1S/C24H19ClN2O5/c1-30-22-10-15(2-9-21(22)32-24(29)16-5-7-20(25)8-6-16)12-26-27-23(28)17-3-4-18-13-31-14-19(18)11-17/h2-12H,13-14H2,1H3,(H,27,28). The lowest BCUT2D eigenvalue weighted by Gasteiger charge is -2.10. The number of hydrazone groups is 1. The minimum Gasteiger partial charge on any atom is -0.493 e. The summed E-state index contributed by atoms with van der Waals surface area (Å²) >= 11 is 5.84. The highest BCUT2D eigenvalue weighted by atomic mass is 35.5. The Labute approximate surface area is 189 Å². The quantitative estimate of drug-likeness (QED) is 0.261. The van der Waals surface area contributed by atoms with Crippen LogP contribution in [0.15, 0.2) is 65.8 Å². The first-order valence-corrected chi connectivity index (χ1v) is 10.1. The molecule has 0 fully saturated rings. The predicted octanol–water partition coefficient (Wildman–Crippen LogP) is 4.36. The Balaban J connectivity index is 1.41. The number of carbonyl (C=O) groups is 2. The SMILES string of the molecule is COc1cc(C=NNC(=O)c2ccc3c(c2)COC3)ccc1OC(=O)c1ccc(Cl)cc1. The van der Waals surface area contributed by atoms with Gasteiger partial charge in [-0.2, -0.15) is 5.10 Å². The van der Waals surface area contributed by atoms with Crippen molar-refractivity contribution < 1.29 is 23.8 Å². The smallest absolute Gasteiger partial charge is 0.343 e. The molecule has 7 nitrogen and oxygen atoms in total. The van der Waals surface area contributed by atoms with Crippen LogP contribution in [0.25, 0.3) is 0 Å². The van der Waals surface area contributed by atoms with Gasteiger partial charge in [-0.15, -0.1) is 0 Å². The third kappa shape index (κ3) is 4.96. The summed E-state index contributed by atoms with van der Waals surface area (Å²) in [4.78, 5) is 24.7. The van der Waals surface area contributed by atoms with E-state index in [2.05, 4.69) is 10.5 Å². The number of nitrogens with one attached hydrogen (secondary N) is 1. The van der Waals surface area contributed by atoms with Crippen molar-refractivity contribution in [2.24, 2.45) is 5.10 Å². The minimum absolute atomic E-state index is 0.258. The number of benzene rings is 3. The molecule has 1 heterocycles. The summed E-state index contributed by atoms with van der Waals surface area (Å²) in [5.41, 5.74) is 6.12. The molecule has 1 aliphatic rings. The molecule has 0 saturated carbocycles. The Hall–Kier alpha value is -3.68. The Morgan fingerprint density at radius 1 is 0.969 bits per heavy atom. The first kappa shape index (κ1) is 21.5. The van der Waals surface area contributed by atoms with Crippen molar-refractivity contribution in [2.45, 2.75) is 13.2 Å². The lowest BCUT2D eigenvalue weighted by atomic mass is 10.1. The van der Waals surface area contributed by atoms with Gasteiger partial charge < -0.3 is 14.2 Å². The second-order valence-corrected chi connectivity index (χ2v) is 7.42. The molecule has 1 N–H and O–H groups in total. The fourth-order valence-corrected chi connectivity index (χ4v) is 3.26. The van der Waals surface area contributed by atoms with Crippen molar-refractivity contribution in [2.75, 3.05) is 7.11 Å². The second kappa shape index (κ2) is 9.64. The van der Waals surface area contributed by atoms with Crippen LogP contribution in [0.5, 0.6) is 11.5 Å². The molecule has 0 unspecified atom stereocenters. The van der Waals surface area contributed by atoms with Crippen LogP contribution in [0.4, 0.5) is 0 Å². The number of esters is 1. The van der Waals surface area contributed by atoms with Crippen LogP contribution < -0.4 is 14.9 Å². The Kier molecular flexibility index (Phi) is 6.49. The third-order valence-corrected chi connectivity index (χ3v) is 5.09. The summed E-state index contributed by atoms with van der Waals surface area (Å²) in [7, 11) is 1.47. The van der Waals surface area contributed by atoms with E-state index in [4.69, 9.17) is 25.8 Å². The van der Waals surface area contributed by atoms with Crippen molar-refractivity contribution in [3.05, 3.63) is 93.5 Å². The van der Waals surface area contributed by atoms with E-state index in [1.807, 2.05) is 6.07 Å². The Bertz CT molecular complexity index is 1190. The summed E-state index contributed by atoms with van der Waals surface area (Å²) in [5, 5.41) is 4.53. The van der Waals surface area contributed by atoms with Gasteiger partial charge in [0.15, 0.2) is 11.5 Å². The molecule has 1 aliphatic heterocycles. The largest absolute Gasteiger partial charge is 0.493 e. The highest BCUT2D eigenvalue weighted by Gasteiger charge is 2.15. The molecule has 162 valence electrons. The van der Waals surface area contributed by atoms with Crippen molar-refractivity contribution >= 4 is 29.7 Å². The highest BCUT2D eigenvalue weighted by Crippen LogP contribution is 2.28. The number of methoxy groups -OCH3 is 1. The zero-order chi connectivity index (χ0) is 22.5. The van der Waals surface area contributed by atoms with Gasteiger partial charge in [0.2, 0.25) is 0 Å². The number of halogens is 1. The van der Waals surface area contributed by atoms with E-state index in [-0.39, 0.29) is 11.7 Å². The number of hydrogen-bond donors (Lipinski definition) is 1. The summed E-state index contributed by atoms with van der Waals surface area (Å²) in [6.07, 6.45) is 1.47. The summed E-state index contributed by atoms with van der Waals surface area (Å²) in [6.45, 7) is 1.08. The molecule has 4 rings (SSSR count). The van der Waals surface area contributed by atoms with Crippen molar-refractivity contribution in [1.82, 2.24) is 5.43 Å². The molecule has 0 radical (unpaired) electrons. The van der Waals surface area contributed by atoms with Crippen LogP contribution in [-0.2, 0) is 18.0 Å². The molecule has 1 amide bonds. The summed E-state index contributed by atoms with van der Waals surface area (Å²) < 4.78 is 16.1. The summed E-state index contributed by atoms with van der Waals surface area (Å²) in [6, 6.07) is 16.7.